The topological polar surface area (TPSA) is 58.6 Å². The van der Waals surface area contributed by atoms with Gasteiger partial charge < -0.3 is 15.0 Å². The van der Waals surface area contributed by atoms with Crippen LogP contribution in [0, 0.1) is 5.82 Å². The van der Waals surface area contributed by atoms with Crippen LogP contribution in [-0.4, -0.2) is 36.1 Å². The summed E-state index contributed by atoms with van der Waals surface area (Å²) in [6.07, 6.45) is 0.160. The largest absolute Gasteiger partial charge is 0.444 e. The van der Waals surface area contributed by atoms with Gasteiger partial charge in [0.1, 0.15) is 11.4 Å². The van der Waals surface area contributed by atoms with E-state index in [9.17, 15) is 14.0 Å². The summed E-state index contributed by atoms with van der Waals surface area (Å²) in [6, 6.07) is 4.03. The fourth-order valence-electron chi connectivity index (χ4n) is 1.71. The molecular formula is C16H22ClFN2O3. The second kappa shape index (κ2) is 8.15. The molecule has 0 saturated carbocycles. The van der Waals surface area contributed by atoms with Crippen LogP contribution in [0.3, 0.4) is 0 Å². The number of hydrogen-bond acceptors (Lipinski definition) is 3. The van der Waals surface area contributed by atoms with Gasteiger partial charge in [0.15, 0.2) is 0 Å². The van der Waals surface area contributed by atoms with Crippen LogP contribution in [0.1, 0.15) is 33.6 Å². The van der Waals surface area contributed by atoms with Crippen molar-refractivity contribution in [2.45, 2.75) is 39.2 Å². The number of anilines is 1. The Morgan fingerprint density at radius 2 is 2.00 bits per heavy atom. The monoisotopic (exact) mass is 344 g/mol. The summed E-state index contributed by atoms with van der Waals surface area (Å²) in [4.78, 5) is 24.9. The SMILES string of the molecule is CN(CCCC(=O)Nc1ccc(Cl)cc1F)C(=O)OC(C)(C)C. The number of nitrogens with one attached hydrogen (secondary N) is 1. The maximum atomic E-state index is 13.6. The lowest BCUT2D eigenvalue weighted by atomic mass is 10.2. The first-order chi connectivity index (χ1) is 10.6. The van der Waals surface area contributed by atoms with Crippen molar-refractivity contribution in [1.82, 2.24) is 4.90 Å². The van der Waals surface area contributed by atoms with Crippen LogP contribution in [0.4, 0.5) is 14.9 Å². The Hall–Kier alpha value is -1.82. The van der Waals surface area contributed by atoms with E-state index in [1.807, 2.05) is 0 Å². The molecule has 0 radical (unpaired) electrons. The Bertz CT molecular complexity index is 573. The molecule has 5 nitrogen and oxygen atoms in total. The molecule has 0 spiro atoms. The Balaban J connectivity index is 2.37. The summed E-state index contributed by atoms with van der Waals surface area (Å²) in [5, 5.41) is 2.73. The molecule has 1 aromatic rings. The van der Waals surface area contributed by atoms with Crippen molar-refractivity contribution < 1.29 is 18.7 Å². The molecule has 0 aliphatic rings. The van der Waals surface area contributed by atoms with Gasteiger partial charge in [-0.15, -0.1) is 0 Å². The third-order valence-electron chi connectivity index (χ3n) is 2.81. The number of rotatable bonds is 5. The predicted octanol–water partition coefficient (Wildman–Crippen LogP) is 4.06. The first kappa shape index (κ1) is 19.2. The average Bonchev–Trinajstić information content (AvgIpc) is 2.40. The van der Waals surface area contributed by atoms with Crippen molar-refractivity contribution in [2.75, 3.05) is 18.9 Å². The molecule has 1 aromatic carbocycles. The minimum absolute atomic E-state index is 0.0832. The highest BCUT2D eigenvalue weighted by molar-refractivity contribution is 6.30. The third-order valence-corrected chi connectivity index (χ3v) is 3.04. The van der Waals surface area contributed by atoms with E-state index in [-0.39, 0.29) is 23.0 Å². The van der Waals surface area contributed by atoms with Gasteiger partial charge in [-0.2, -0.15) is 0 Å². The van der Waals surface area contributed by atoms with Crippen molar-refractivity contribution in [3.8, 4) is 0 Å². The first-order valence-electron chi connectivity index (χ1n) is 7.27. The molecule has 0 aliphatic heterocycles. The molecule has 0 aliphatic carbocycles. The summed E-state index contributed by atoms with van der Waals surface area (Å²) in [5.74, 6) is -0.916. The van der Waals surface area contributed by atoms with Crippen molar-refractivity contribution in [3.05, 3.63) is 29.0 Å². The number of halogens is 2. The van der Waals surface area contributed by atoms with Crippen LogP contribution in [0.15, 0.2) is 18.2 Å². The number of amides is 2. The molecule has 0 aromatic heterocycles. The maximum Gasteiger partial charge on any atom is 0.410 e. The van der Waals surface area contributed by atoms with Gasteiger partial charge in [-0.1, -0.05) is 11.6 Å². The number of nitrogens with zero attached hydrogens (tertiary/aromatic N) is 1. The Morgan fingerprint density at radius 1 is 1.35 bits per heavy atom. The van der Waals surface area contributed by atoms with Gasteiger partial charge in [0.2, 0.25) is 5.91 Å². The summed E-state index contributed by atoms with van der Waals surface area (Å²) in [7, 11) is 1.60. The van der Waals surface area contributed by atoms with Crippen LogP contribution in [0.2, 0.25) is 5.02 Å². The van der Waals surface area contributed by atoms with Crippen LogP contribution in [-0.2, 0) is 9.53 Å². The third kappa shape index (κ3) is 7.32. The summed E-state index contributed by atoms with van der Waals surface area (Å²) < 4.78 is 18.8. The van der Waals surface area contributed by atoms with E-state index in [4.69, 9.17) is 16.3 Å². The Kier molecular flexibility index (Phi) is 6.81. The van der Waals surface area contributed by atoms with Crippen molar-refractivity contribution in [2.24, 2.45) is 0 Å². The normalized spacial score (nSPS) is 11.0. The molecule has 2 amide bonds. The zero-order chi connectivity index (χ0) is 17.6. The molecule has 23 heavy (non-hydrogen) atoms. The standard InChI is InChI=1S/C16H22ClFN2O3/c1-16(2,3)23-15(22)20(4)9-5-6-14(21)19-13-8-7-11(17)10-12(13)18/h7-8,10H,5-6,9H2,1-4H3,(H,19,21). The molecule has 0 heterocycles. The van der Waals surface area contributed by atoms with E-state index in [0.717, 1.165) is 6.07 Å². The van der Waals surface area contributed by atoms with Crippen LogP contribution in [0.5, 0.6) is 0 Å². The maximum absolute atomic E-state index is 13.6. The van der Waals surface area contributed by atoms with E-state index >= 15 is 0 Å². The Labute approximate surface area is 140 Å². The Morgan fingerprint density at radius 3 is 2.57 bits per heavy atom. The van der Waals surface area contributed by atoms with E-state index in [1.165, 1.54) is 17.0 Å². The number of hydrogen-bond donors (Lipinski definition) is 1. The van der Waals surface area contributed by atoms with Gasteiger partial charge in [0.05, 0.1) is 5.69 Å². The van der Waals surface area contributed by atoms with Gasteiger partial charge in [-0.05, 0) is 45.4 Å². The number of ether oxygens (including phenoxy) is 1. The second-order valence-electron chi connectivity index (χ2n) is 6.18. The zero-order valence-corrected chi connectivity index (χ0v) is 14.5. The molecule has 7 heteroatoms. The summed E-state index contributed by atoms with van der Waals surface area (Å²) in [6.45, 7) is 5.72. The summed E-state index contributed by atoms with van der Waals surface area (Å²) >= 11 is 5.65. The number of benzene rings is 1. The zero-order valence-electron chi connectivity index (χ0n) is 13.8. The molecule has 128 valence electrons. The van der Waals surface area contributed by atoms with Gasteiger partial charge in [0, 0.05) is 25.0 Å². The van der Waals surface area contributed by atoms with E-state index in [0.29, 0.717) is 13.0 Å². The fraction of sp³-hybridized carbons (Fsp3) is 0.500. The number of carbonyl (C=O) groups is 2. The molecule has 0 bridgehead atoms. The van der Waals surface area contributed by atoms with Gasteiger partial charge in [-0.25, -0.2) is 9.18 Å². The molecule has 1 rings (SSSR count). The highest BCUT2D eigenvalue weighted by Gasteiger charge is 2.19. The number of carbonyl (C=O) groups excluding carboxylic acids is 2. The minimum Gasteiger partial charge on any atom is -0.444 e. The van der Waals surface area contributed by atoms with Crippen molar-refractivity contribution in [3.63, 3.8) is 0 Å². The van der Waals surface area contributed by atoms with E-state index in [2.05, 4.69) is 5.32 Å². The average molecular weight is 345 g/mol. The smallest absolute Gasteiger partial charge is 0.410 e. The minimum atomic E-state index is -0.586. The fourth-order valence-corrected chi connectivity index (χ4v) is 1.87. The lowest BCUT2D eigenvalue weighted by Gasteiger charge is -2.24. The van der Waals surface area contributed by atoms with Crippen LogP contribution >= 0.6 is 11.6 Å². The first-order valence-corrected chi connectivity index (χ1v) is 7.65. The van der Waals surface area contributed by atoms with Crippen LogP contribution in [0.25, 0.3) is 0 Å². The highest BCUT2D eigenvalue weighted by Crippen LogP contribution is 2.19. The van der Waals surface area contributed by atoms with E-state index in [1.54, 1.807) is 27.8 Å². The highest BCUT2D eigenvalue weighted by atomic mass is 35.5. The van der Waals surface area contributed by atoms with Crippen molar-refractivity contribution in [1.29, 1.82) is 0 Å². The quantitative estimate of drug-likeness (QED) is 0.876. The molecule has 0 unspecified atom stereocenters. The van der Waals surface area contributed by atoms with Crippen molar-refractivity contribution >= 4 is 29.3 Å². The van der Waals surface area contributed by atoms with Gasteiger partial charge in [-0.3, -0.25) is 4.79 Å². The van der Waals surface area contributed by atoms with Gasteiger partial charge >= 0.3 is 6.09 Å². The van der Waals surface area contributed by atoms with Gasteiger partial charge in [0.25, 0.3) is 0 Å². The molecule has 0 saturated heterocycles. The molecular weight excluding hydrogens is 323 g/mol. The second-order valence-corrected chi connectivity index (χ2v) is 6.61. The van der Waals surface area contributed by atoms with E-state index < -0.39 is 17.5 Å². The lowest BCUT2D eigenvalue weighted by Crippen LogP contribution is -2.35. The summed E-state index contributed by atoms with van der Waals surface area (Å²) in [5.41, 5.74) is -0.477. The van der Waals surface area contributed by atoms with Crippen LogP contribution < -0.4 is 5.32 Å². The predicted molar refractivity (Wildman–Crippen MR) is 88.1 cm³/mol. The lowest BCUT2D eigenvalue weighted by molar-refractivity contribution is -0.116. The molecule has 0 fully saturated rings. The molecule has 1 N–H and O–H groups in total. The molecule has 0 atom stereocenters.